The Kier molecular flexibility index (Phi) is 0.795. The quantitative estimate of drug-likeness (QED) is 0.331. The lowest BCUT2D eigenvalue weighted by molar-refractivity contribution is 0.795. The topological polar surface area (TPSA) is 0 Å². The molecule has 0 aromatic carbocycles. The number of fused-ring (bicyclic) bond motifs is 1. The van der Waals surface area contributed by atoms with Crippen LogP contribution in [0.15, 0.2) is 0 Å². The minimum atomic E-state index is 0.851. The van der Waals surface area contributed by atoms with Gasteiger partial charge >= 0.3 is 0 Å². The first-order valence-electron chi connectivity index (χ1n) is 2.98. The van der Waals surface area contributed by atoms with Crippen LogP contribution in [-0.2, 0) is 0 Å². The summed E-state index contributed by atoms with van der Waals surface area (Å²) in [5, 5.41) is 3.71. The van der Waals surface area contributed by atoms with Gasteiger partial charge in [0.15, 0.2) is 0 Å². The van der Waals surface area contributed by atoms with E-state index in [1.165, 1.54) is 18.1 Å². The molecule has 2 atom stereocenters. The number of hydrogen-bond donors (Lipinski definition) is 0. The molecule has 2 unspecified atom stereocenters. The second-order valence-corrected chi connectivity index (χ2v) is 4.63. The Hall–Kier alpha value is 0.220. The third kappa shape index (κ3) is 0.634. The van der Waals surface area contributed by atoms with Gasteiger partial charge in [-0.1, -0.05) is 5.37 Å². The van der Waals surface area contributed by atoms with E-state index >= 15 is 0 Å². The van der Waals surface area contributed by atoms with E-state index in [-0.39, 0.29) is 0 Å². The van der Waals surface area contributed by atoms with Gasteiger partial charge in [0.05, 0.1) is 0 Å². The van der Waals surface area contributed by atoms with Crippen LogP contribution < -0.4 is 0 Å². The molecule has 0 amide bonds. The lowest BCUT2D eigenvalue weighted by Crippen LogP contribution is -1.87. The molecule has 0 nitrogen and oxygen atoms in total. The fourth-order valence-corrected chi connectivity index (χ4v) is 3.29. The van der Waals surface area contributed by atoms with Crippen molar-refractivity contribution in [2.75, 3.05) is 5.75 Å². The van der Waals surface area contributed by atoms with Gasteiger partial charge in [-0.2, -0.15) is 10.5 Å². The monoisotopic (exact) mass is 114 g/mol. The van der Waals surface area contributed by atoms with Crippen LogP contribution in [0.4, 0.5) is 0 Å². The Morgan fingerprint density at radius 3 is 3.14 bits per heavy atom. The van der Waals surface area contributed by atoms with Gasteiger partial charge in [0.25, 0.3) is 0 Å². The Labute approximate surface area is 46.8 Å². The molecule has 1 saturated heterocycles. The van der Waals surface area contributed by atoms with Crippen LogP contribution in [0.1, 0.15) is 19.3 Å². The lowest BCUT2D eigenvalue weighted by atomic mass is 10.2. The summed E-state index contributed by atoms with van der Waals surface area (Å²) in [5.41, 5.74) is 0. The summed E-state index contributed by atoms with van der Waals surface area (Å²) >= 11 is 0. The van der Waals surface area contributed by atoms with E-state index in [4.69, 9.17) is 0 Å². The molecule has 2 rings (SSSR count). The average Bonchev–Trinajstić information content (AvgIpc) is 2.41. The molecular formula is C6H10S. The average molecular weight is 114 g/mol. The molecule has 0 radical (unpaired) electrons. The maximum atomic E-state index is 2.54. The van der Waals surface area contributed by atoms with Crippen molar-refractivity contribution in [3.63, 3.8) is 0 Å². The smallest absolute Gasteiger partial charge is 0.00813 e. The summed E-state index contributed by atoms with van der Waals surface area (Å²) in [5.74, 6) is 1.56. The van der Waals surface area contributed by atoms with E-state index in [1.807, 2.05) is 0 Å². The zero-order valence-electron chi connectivity index (χ0n) is 4.39. The van der Waals surface area contributed by atoms with Gasteiger partial charge in [-0.25, -0.2) is 0 Å². The Morgan fingerprint density at radius 1 is 1.57 bits per heavy atom. The first-order valence-corrected chi connectivity index (χ1v) is 4.50. The van der Waals surface area contributed by atoms with Crippen LogP contribution in [0.25, 0.3) is 0 Å². The van der Waals surface area contributed by atoms with Crippen LogP contribution in [0.2, 0.25) is 0 Å². The molecular weight excluding hydrogens is 104 g/mol. The fraction of sp³-hybridized carbons (Fsp3) is 0.833. The largest absolute Gasteiger partial charge is 0.185 e. The molecule has 0 saturated carbocycles. The van der Waals surface area contributed by atoms with Crippen molar-refractivity contribution in [1.82, 2.24) is 0 Å². The van der Waals surface area contributed by atoms with E-state index < -0.39 is 0 Å². The molecule has 1 fully saturated rings. The summed E-state index contributed by atoms with van der Waals surface area (Å²) < 4.78 is 0. The molecule has 0 aromatic rings. The third-order valence-corrected chi connectivity index (χ3v) is 4.03. The third-order valence-electron chi connectivity index (χ3n) is 1.75. The number of hydrogen-bond acceptors (Lipinski definition) is 0. The van der Waals surface area contributed by atoms with Gasteiger partial charge in [0.2, 0.25) is 0 Å². The van der Waals surface area contributed by atoms with Crippen LogP contribution in [0.5, 0.6) is 0 Å². The van der Waals surface area contributed by atoms with Crippen molar-refractivity contribution in [1.29, 1.82) is 0 Å². The normalized spacial score (nSPS) is 46.9. The Balaban J connectivity index is 2.19. The zero-order chi connectivity index (χ0) is 4.69. The van der Waals surface area contributed by atoms with E-state index in [1.54, 1.807) is 12.2 Å². The van der Waals surface area contributed by atoms with Crippen molar-refractivity contribution < 1.29 is 0 Å². The van der Waals surface area contributed by atoms with E-state index in [0.717, 1.165) is 10.5 Å². The van der Waals surface area contributed by atoms with Gasteiger partial charge in [0, 0.05) is 5.25 Å². The first kappa shape index (κ1) is 4.13. The van der Waals surface area contributed by atoms with Gasteiger partial charge in [0.1, 0.15) is 0 Å². The highest BCUT2D eigenvalue weighted by Gasteiger charge is 2.28. The van der Waals surface area contributed by atoms with Crippen LogP contribution in [0, 0.1) is 0 Å². The Morgan fingerprint density at radius 2 is 2.57 bits per heavy atom. The highest BCUT2D eigenvalue weighted by Crippen LogP contribution is 2.45. The van der Waals surface area contributed by atoms with Crippen LogP contribution in [0.3, 0.4) is 0 Å². The molecule has 0 aromatic heterocycles. The maximum absolute atomic E-state index is 2.54. The first-order chi connectivity index (χ1) is 3.47. The molecule has 1 heteroatoms. The summed E-state index contributed by atoms with van der Waals surface area (Å²) in [6, 6.07) is 0. The highest BCUT2D eigenvalue weighted by molar-refractivity contribution is 8.21. The summed E-state index contributed by atoms with van der Waals surface area (Å²) in [6.45, 7) is 0. The molecule has 0 N–H and O–H groups in total. The van der Waals surface area contributed by atoms with Crippen molar-refractivity contribution >= 4 is 15.9 Å². The number of rotatable bonds is 0. The minimum absolute atomic E-state index is 0.851. The lowest BCUT2D eigenvalue weighted by Gasteiger charge is -1.97. The van der Waals surface area contributed by atoms with Gasteiger partial charge in [-0.3, -0.25) is 0 Å². The van der Waals surface area contributed by atoms with Crippen LogP contribution in [-0.4, -0.2) is 16.4 Å². The Bertz CT molecular complexity index is 115. The molecule has 0 aliphatic carbocycles. The van der Waals surface area contributed by atoms with Gasteiger partial charge < -0.3 is 0 Å². The van der Waals surface area contributed by atoms with Crippen molar-refractivity contribution in [2.45, 2.75) is 24.5 Å². The predicted octanol–water partition coefficient (Wildman–Crippen LogP) is 1.62. The van der Waals surface area contributed by atoms with E-state index in [2.05, 4.69) is 5.37 Å². The molecule has 40 valence electrons. The second kappa shape index (κ2) is 1.35. The molecule has 0 bridgehead atoms. The second-order valence-electron chi connectivity index (χ2n) is 2.36. The summed E-state index contributed by atoms with van der Waals surface area (Å²) in [4.78, 5) is 0. The van der Waals surface area contributed by atoms with Crippen LogP contribution >= 0.6 is 10.5 Å². The van der Waals surface area contributed by atoms with Crippen molar-refractivity contribution in [3.8, 4) is 0 Å². The highest BCUT2D eigenvalue weighted by atomic mass is 32.2. The minimum Gasteiger partial charge on any atom is -0.185 e. The zero-order valence-corrected chi connectivity index (χ0v) is 5.21. The standard InChI is InChI=1S/C6H10S/c1-2-4-7-5-6(7)3-1/h4,6H,1-3,5H2. The van der Waals surface area contributed by atoms with E-state index in [0.29, 0.717) is 0 Å². The fourth-order valence-electron chi connectivity index (χ4n) is 1.19. The van der Waals surface area contributed by atoms with Gasteiger partial charge in [-0.05, 0) is 25.0 Å². The van der Waals surface area contributed by atoms with E-state index in [9.17, 15) is 0 Å². The molecule has 0 spiro atoms. The molecule has 2 aliphatic heterocycles. The van der Waals surface area contributed by atoms with Crippen molar-refractivity contribution in [3.05, 3.63) is 0 Å². The predicted molar refractivity (Wildman–Crippen MR) is 36.2 cm³/mol. The molecule has 2 aliphatic rings. The SMILES string of the molecule is C1=S2CC2CCC1. The summed E-state index contributed by atoms with van der Waals surface area (Å²) in [6.07, 6.45) is 4.44. The maximum Gasteiger partial charge on any atom is 0.00813 e. The summed E-state index contributed by atoms with van der Waals surface area (Å²) in [7, 11) is 0.851. The molecule has 7 heavy (non-hydrogen) atoms. The van der Waals surface area contributed by atoms with Crippen molar-refractivity contribution in [2.24, 2.45) is 0 Å². The molecule has 2 heterocycles. The van der Waals surface area contributed by atoms with Gasteiger partial charge in [-0.15, -0.1) is 0 Å².